The highest BCUT2D eigenvalue weighted by Gasteiger charge is 2.33. The molecule has 1 aliphatic carbocycles. The van der Waals surface area contributed by atoms with Gasteiger partial charge in [-0.25, -0.2) is 4.79 Å². The molecule has 1 aromatic rings. The summed E-state index contributed by atoms with van der Waals surface area (Å²) >= 11 is 0. The molecule has 1 N–H and O–H groups in total. The maximum absolute atomic E-state index is 12.9. The van der Waals surface area contributed by atoms with Crippen LogP contribution in [0.3, 0.4) is 0 Å². The number of nitrogens with zero attached hydrogens (tertiary/aromatic N) is 4. The lowest BCUT2D eigenvalue weighted by atomic mass is 9.93. The average Bonchev–Trinajstić information content (AvgIpc) is 3.31. The van der Waals surface area contributed by atoms with Crippen molar-refractivity contribution in [1.82, 2.24) is 24.9 Å². The van der Waals surface area contributed by atoms with Crippen LogP contribution in [0.5, 0.6) is 0 Å². The van der Waals surface area contributed by atoms with Gasteiger partial charge in [-0.15, -0.1) is 0 Å². The fourth-order valence-corrected chi connectivity index (χ4v) is 4.64. The first kappa shape index (κ1) is 15.9. The monoisotopic (exact) mass is 331 g/mol. The lowest BCUT2D eigenvalue weighted by molar-refractivity contribution is 0.170. The van der Waals surface area contributed by atoms with E-state index in [2.05, 4.69) is 20.2 Å². The number of hydrogen-bond donors (Lipinski definition) is 1. The molecule has 2 amide bonds. The summed E-state index contributed by atoms with van der Waals surface area (Å²) < 4.78 is 1.96. The molecule has 1 aromatic heterocycles. The van der Waals surface area contributed by atoms with Crippen LogP contribution >= 0.6 is 0 Å². The summed E-state index contributed by atoms with van der Waals surface area (Å²) in [6, 6.07) is 0.640. The molecule has 4 rings (SSSR count). The highest BCUT2D eigenvalue weighted by molar-refractivity contribution is 5.75. The van der Waals surface area contributed by atoms with E-state index >= 15 is 0 Å². The van der Waals surface area contributed by atoms with Crippen LogP contribution in [0, 0.1) is 0 Å². The summed E-state index contributed by atoms with van der Waals surface area (Å²) in [5, 5.41) is 7.68. The van der Waals surface area contributed by atoms with Crippen molar-refractivity contribution in [2.45, 2.75) is 57.0 Å². The number of likely N-dealkylation sites (tertiary alicyclic amines) is 2. The van der Waals surface area contributed by atoms with Crippen molar-refractivity contribution >= 4 is 6.03 Å². The molecule has 3 aliphatic rings. The van der Waals surface area contributed by atoms with Gasteiger partial charge >= 0.3 is 6.03 Å². The van der Waals surface area contributed by atoms with Crippen molar-refractivity contribution in [2.24, 2.45) is 7.05 Å². The minimum atomic E-state index is 0.124. The zero-order valence-corrected chi connectivity index (χ0v) is 14.7. The van der Waals surface area contributed by atoms with Crippen molar-refractivity contribution in [3.63, 3.8) is 0 Å². The molecule has 2 unspecified atom stereocenters. The number of carbonyl (C=O) groups is 1. The van der Waals surface area contributed by atoms with E-state index in [-0.39, 0.29) is 12.1 Å². The molecule has 2 saturated heterocycles. The molecule has 0 bridgehead atoms. The van der Waals surface area contributed by atoms with Crippen molar-refractivity contribution in [1.29, 1.82) is 0 Å². The number of rotatable bonds is 3. The van der Waals surface area contributed by atoms with Gasteiger partial charge in [0.15, 0.2) is 0 Å². The van der Waals surface area contributed by atoms with E-state index in [1.807, 2.05) is 17.9 Å². The predicted octanol–water partition coefficient (Wildman–Crippen LogP) is 2.07. The zero-order valence-electron chi connectivity index (χ0n) is 14.7. The third kappa shape index (κ3) is 3.04. The Bertz CT molecular complexity index is 592. The molecular formula is C18H29N5O. The molecule has 0 radical (unpaired) electrons. The van der Waals surface area contributed by atoms with E-state index in [0.717, 1.165) is 45.2 Å². The zero-order chi connectivity index (χ0) is 16.5. The molecule has 3 heterocycles. The molecule has 6 heteroatoms. The summed E-state index contributed by atoms with van der Waals surface area (Å²) in [6.07, 6.45) is 10.0. The minimum Gasteiger partial charge on any atom is -0.331 e. The largest absolute Gasteiger partial charge is 0.331 e. The van der Waals surface area contributed by atoms with Crippen LogP contribution in [0.1, 0.15) is 55.8 Å². The molecule has 24 heavy (non-hydrogen) atoms. The summed E-state index contributed by atoms with van der Waals surface area (Å²) in [5.74, 6) is 0. The third-order valence-corrected chi connectivity index (χ3v) is 5.98. The first-order valence-electron chi connectivity index (χ1n) is 9.52. The fraction of sp³-hybridized carbons (Fsp3) is 0.778. The molecule has 2 aliphatic heterocycles. The van der Waals surface area contributed by atoms with Crippen molar-refractivity contribution < 1.29 is 4.79 Å². The molecule has 2 atom stereocenters. The number of carbonyl (C=O) groups excluding carboxylic acids is 1. The summed E-state index contributed by atoms with van der Waals surface area (Å²) in [5.41, 5.74) is 2.49. The van der Waals surface area contributed by atoms with E-state index in [1.165, 1.54) is 37.2 Å². The molecule has 2 fully saturated rings. The number of urea groups is 1. The minimum absolute atomic E-state index is 0.124. The topological polar surface area (TPSA) is 53.4 Å². The molecule has 0 saturated carbocycles. The Hall–Kier alpha value is -1.56. The Morgan fingerprint density at radius 2 is 2.04 bits per heavy atom. The summed E-state index contributed by atoms with van der Waals surface area (Å²) in [6.45, 7) is 4.36. The van der Waals surface area contributed by atoms with Crippen LogP contribution in [0.4, 0.5) is 4.79 Å². The molecule has 6 nitrogen and oxygen atoms in total. The fourth-order valence-electron chi connectivity index (χ4n) is 4.64. The third-order valence-electron chi connectivity index (χ3n) is 5.98. The number of nitrogens with one attached hydrogen (secondary N) is 1. The molecule has 0 spiro atoms. The molecular weight excluding hydrogens is 302 g/mol. The number of amides is 2. The number of aromatic nitrogens is 2. The Labute approximate surface area is 144 Å². The first-order valence-corrected chi connectivity index (χ1v) is 9.52. The Balaban J connectivity index is 1.40. The van der Waals surface area contributed by atoms with Gasteiger partial charge in [-0.3, -0.25) is 4.68 Å². The van der Waals surface area contributed by atoms with Gasteiger partial charge in [0.05, 0.1) is 12.2 Å². The van der Waals surface area contributed by atoms with E-state index in [0.29, 0.717) is 6.04 Å². The van der Waals surface area contributed by atoms with E-state index in [9.17, 15) is 4.79 Å². The van der Waals surface area contributed by atoms with Gasteiger partial charge in [-0.1, -0.05) is 0 Å². The van der Waals surface area contributed by atoms with E-state index in [1.54, 1.807) is 0 Å². The second kappa shape index (κ2) is 6.75. The highest BCUT2D eigenvalue weighted by Crippen LogP contribution is 2.30. The Morgan fingerprint density at radius 1 is 1.21 bits per heavy atom. The van der Waals surface area contributed by atoms with Crippen LogP contribution in [-0.4, -0.2) is 57.8 Å². The normalized spacial score (nSPS) is 27.5. The first-order chi connectivity index (χ1) is 11.7. The SMILES string of the molecule is Cn1ncc2c1CCCC2NC(=O)N1CCCC1CN1CCCC1. The second-order valence-corrected chi connectivity index (χ2v) is 7.56. The molecule has 132 valence electrons. The van der Waals surface area contributed by atoms with Crippen LogP contribution in [0.15, 0.2) is 6.20 Å². The number of hydrogen-bond acceptors (Lipinski definition) is 3. The predicted molar refractivity (Wildman–Crippen MR) is 92.8 cm³/mol. The Morgan fingerprint density at radius 3 is 2.88 bits per heavy atom. The summed E-state index contributed by atoms with van der Waals surface area (Å²) in [7, 11) is 2.00. The smallest absolute Gasteiger partial charge is 0.318 e. The maximum atomic E-state index is 12.9. The van der Waals surface area contributed by atoms with Gasteiger partial charge in [0.2, 0.25) is 0 Å². The van der Waals surface area contributed by atoms with Crippen LogP contribution < -0.4 is 5.32 Å². The van der Waals surface area contributed by atoms with Crippen LogP contribution in [0.25, 0.3) is 0 Å². The maximum Gasteiger partial charge on any atom is 0.318 e. The van der Waals surface area contributed by atoms with Gasteiger partial charge < -0.3 is 15.1 Å². The van der Waals surface area contributed by atoms with Crippen LogP contribution in [-0.2, 0) is 13.5 Å². The highest BCUT2D eigenvalue weighted by atomic mass is 16.2. The number of fused-ring (bicyclic) bond motifs is 1. The van der Waals surface area contributed by atoms with Gasteiger partial charge in [-0.2, -0.15) is 5.10 Å². The van der Waals surface area contributed by atoms with Gasteiger partial charge in [0.1, 0.15) is 0 Å². The van der Waals surface area contributed by atoms with Gasteiger partial charge in [0.25, 0.3) is 0 Å². The van der Waals surface area contributed by atoms with Gasteiger partial charge in [-0.05, 0) is 58.0 Å². The molecule has 0 aromatic carbocycles. The van der Waals surface area contributed by atoms with Crippen LogP contribution in [0.2, 0.25) is 0 Å². The lowest BCUT2D eigenvalue weighted by Gasteiger charge is -2.31. The quantitative estimate of drug-likeness (QED) is 0.922. The van der Waals surface area contributed by atoms with Crippen molar-refractivity contribution in [3.05, 3.63) is 17.5 Å². The lowest BCUT2D eigenvalue weighted by Crippen LogP contribution is -2.48. The second-order valence-electron chi connectivity index (χ2n) is 7.56. The van der Waals surface area contributed by atoms with Crippen molar-refractivity contribution in [2.75, 3.05) is 26.2 Å². The number of aryl methyl sites for hydroxylation is 1. The summed E-state index contributed by atoms with van der Waals surface area (Å²) in [4.78, 5) is 17.5. The van der Waals surface area contributed by atoms with E-state index < -0.39 is 0 Å². The average molecular weight is 331 g/mol. The van der Waals surface area contributed by atoms with E-state index in [4.69, 9.17) is 0 Å². The Kier molecular flexibility index (Phi) is 4.48. The standard InChI is InChI=1S/C18H29N5O/c1-21-17-8-4-7-16(15(17)12-19-21)20-18(24)23-11-5-6-14(23)13-22-9-2-3-10-22/h12,14,16H,2-11,13H2,1H3,(H,20,24). The van der Waals surface area contributed by atoms with Gasteiger partial charge in [0, 0.05) is 37.4 Å². The van der Waals surface area contributed by atoms with Crippen molar-refractivity contribution in [3.8, 4) is 0 Å².